The zero-order chi connectivity index (χ0) is 11.5. The van der Waals surface area contributed by atoms with Gasteiger partial charge in [0.1, 0.15) is 6.04 Å². The van der Waals surface area contributed by atoms with E-state index in [1.165, 1.54) is 17.8 Å². The van der Waals surface area contributed by atoms with E-state index >= 15 is 0 Å². The van der Waals surface area contributed by atoms with Crippen LogP contribution in [0.25, 0.3) is 0 Å². The summed E-state index contributed by atoms with van der Waals surface area (Å²) >= 11 is 7.22. The number of rotatable bonds is 3. The fourth-order valence-corrected chi connectivity index (χ4v) is 3.30. The maximum atomic E-state index is 11.3. The number of hydrogen-bond acceptors (Lipinski definition) is 3. The Kier molecular flexibility index (Phi) is 3.84. The molecule has 1 unspecified atom stereocenters. The largest absolute Gasteiger partial charge is 0.480 e. The number of aliphatic carboxylic acids is 1. The van der Waals surface area contributed by atoms with Crippen LogP contribution in [0.5, 0.6) is 0 Å². The van der Waals surface area contributed by atoms with E-state index in [4.69, 9.17) is 11.6 Å². The molecular weight excluding hydrogens is 246 g/mol. The number of piperidine rings is 1. The summed E-state index contributed by atoms with van der Waals surface area (Å²) in [6, 6.07) is 3.07. The molecule has 1 saturated heterocycles. The van der Waals surface area contributed by atoms with E-state index in [0.717, 1.165) is 30.8 Å². The Morgan fingerprint density at radius 3 is 2.56 bits per heavy atom. The Morgan fingerprint density at radius 1 is 1.38 bits per heavy atom. The maximum absolute atomic E-state index is 11.3. The predicted molar refractivity (Wildman–Crippen MR) is 65.1 cm³/mol. The van der Waals surface area contributed by atoms with Crippen LogP contribution in [0.2, 0.25) is 4.34 Å². The molecule has 5 heteroatoms. The first-order chi connectivity index (χ1) is 7.68. The lowest BCUT2D eigenvalue weighted by Gasteiger charge is -2.31. The standard InChI is InChI=1S/C11H14ClNO2S/c12-9-5-4-8(16-9)10(11(14)15)13-6-2-1-3-7-13/h4-5,10H,1-3,6-7H2,(H,14,15). The number of likely N-dealkylation sites (tertiary alicyclic amines) is 1. The number of nitrogens with zero attached hydrogens (tertiary/aromatic N) is 1. The summed E-state index contributed by atoms with van der Waals surface area (Å²) < 4.78 is 0.651. The van der Waals surface area contributed by atoms with Gasteiger partial charge in [0.2, 0.25) is 0 Å². The molecule has 0 spiro atoms. The van der Waals surface area contributed by atoms with Crippen LogP contribution in [0.1, 0.15) is 30.2 Å². The molecule has 0 radical (unpaired) electrons. The van der Waals surface area contributed by atoms with Crippen molar-refractivity contribution in [2.45, 2.75) is 25.3 Å². The summed E-state index contributed by atoms with van der Waals surface area (Å²) in [5, 5.41) is 9.31. The molecular formula is C11H14ClNO2S. The van der Waals surface area contributed by atoms with E-state index in [0.29, 0.717) is 4.34 Å². The quantitative estimate of drug-likeness (QED) is 0.907. The number of carbonyl (C=O) groups is 1. The zero-order valence-electron chi connectivity index (χ0n) is 8.86. The summed E-state index contributed by atoms with van der Waals surface area (Å²) in [7, 11) is 0. The van der Waals surface area contributed by atoms with Crippen LogP contribution in [0.3, 0.4) is 0 Å². The van der Waals surface area contributed by atoms with Gasteiger partial charge in [0.25, 0.3) is 0 Å². The summed E-state index contributed by atoms with van der Waals surface area (Å²) in [5.74, 6) is -0.777. The van der Waals surface area contributed by atoms with Crippen molar-refractivity contribution in [1.29, 1.82) is 0 Å². The lowest BCUT2D eigenvalue weighted by molar-refractivity contribution is -0.143. The number of hydrogen-bond donors (Lipinski definition) is 1. The van der Waals surface area contributed by atoms with Crippen molar-refractivity contribution in [2.24, 2.45) is 0 Å². The van der Waals surface area contributed by atoms with Crippen molar-refractivity contribution in [1.82, 2.24) is 4.90 Å². The van der Waals surface area contributed by atoms with Gasteiger partial charge in [-0.2, -0.15) is 0 Å². The average molecular weight is 260 g/mol. The minimum Gasteiger partial charge on any atom is -0.480 e. The molecule has 1 fully saturated rings. The highest BCUT2D eigenvalue weighted by Gasteiger charge is 2.29. The fraction of sp³-hybridized carbons (Fsp3) is 0.545. The average Bonchev–Trinajstić information content (AvgIpc) is 2.66. The molecule has 0 aromatic carbocycles. The van der Waals surface area contributed by atoms with E-state index < -0.39 is 12.0 Å². The predicted octanol–water partition coefficient (Wildman–Crippen LogP) is 3.01. The van der Waals surface area contributed by atoms with Crippen molar-refractivity contribution in [3.05, 3.63) is 21.3 Å². The number of carboxylic acids is 1. The Bertz CT molecular complexity index is 374. The summed E-state index contributed by atoms with van der Waals surface area (Å²) in [4.78, 5) is 14.2. The van der Waals surface area contributed by atoms with Gasteiger partial charge >= 0.3 is 5.97 Å². The molecule has 1 atom stereocenters. The van der Waals surface area contributed by atoms with Crippen LogP contribution in [-0.4, -0.2) is 29.1 Å². The summed E-state index contributed by atoms with van der Waals surface area (Å²) in [6.07, 6.45) is 3.37. The van der Waals surface area contributed by atoms with Gasteiger partial charge in [-0.1, -0.05) is 18.0 Å². The molecule has 16 heavy (non-hydrogen) atoms. The van der Waals surface area contributed by atoms with Crippen molar-refractivity contribution < 1.29 is 9.90 Å². The first-order valence-corrected chi connectivity index (χ1v) is 6.60. The minimum absolute atomic E-state index is 0.516. The number of halogens is 1. The Hall–Kier alpha value is -0.580. The molecule has 0 bridgehead atoms. The van der Waals surface area contributed by atoms with Gasteiger partial charge in [-0.3, -0.25) is 9.69 Å². The number of carboxylic acid groups (broad SMARTS) is 1. The van der Waals surface area contributed by atoms with E-state index in [2.05, 4.69) is 0 Å². The first kappa shape index (κ1) is 11.9. The van der Waals surface area contributed by atoms with Gasteiger partial charge in [0, 0.05) is 4.88 Å². The lowest BCUT2D eigenvalue weighted by atomic mass is 10.1. The highest BCUT2D eigenvalue weighted by atomic mass is 35.5. The highest BCUT2D eigenvalue weighted by Crippen LogP contribution is 2.32. The Morgan fingerprint density at radius 2 is 2.06 bits per heavy atom. The Labute approximate surface area is 104 Å². The van der Waals surface area contributed by atoms with E-state index in [9.17, 15) is 9.90 Å². The summed E-state index contributed by atoms with van der Waals surface area (Å²) in [5.41, 5.74) is 0. The molecule has 1 N–H and O–H groups in total. The Balaban J connectivity index is 2.19. The molecule has 1 aliphatic rings. The second kappa shape index (κ2) is 5.17. The minimum atomic E-state index is -0.777. The third kappa shape index (κ3) is 2.56. The van der Waals surface area contributed by atoms with Crippen LogP contribution in [-0.2, 0) is 4.79 Å². The van der Waals surface area contributed by atoms with E-state index in [1.807, 2.05) is 11.0 Å². The molecule has 2 heterocycles. The number of thiophene rings is 1. The van der Waals surface area contributed by atoms with Gasteiger partial charge < -0.3 is 5.11 Å². The smallest absolute Gasteiger partial charge is 0.326 e. The molecule has 0 saturated carbocycles. The van der Waals surface area contributed by atoms with Gasteiger partial charge in [0.15, 0.2) is 0 Å². The molecule has 1 aromatic heterocycles. The van der Waals surface area contributed by atoms with Crippen LogP contribution in [0.15, 0.2) is 12.1 Å². The van der Waals surface area contributed by atoms with Gasteiger partial charge in [-0.25, -0.2) is 0 Å². The van der Waals surface area contributed by atoms with Crippen LogP contribution >= 0.6 is 22.9 Å². The summed E-state index contributed by atoms with van der Waals surface area (Å²) in [6.45, 7) is 1.74. The van der Waals surface area contributed by atoms with E-state index in [-0.39, 0.29) is 0 Å². The van der Waals surface area contributed by atoms with Crippen molar-refractivity contribution in [3.8, 4) is 0 Å². The van der Waals surface area contributed by atoms with Gasteiger partial charge in [-0.05, 0) is 38.1 Å². The first-order valence-electron chi connectivity index (χ1n) is 5.40. The molecule has 1 aliphatic heterocycles. The topological polar surface area (TPSA) is 40.5 Å². The molecule has 2 rings (SSSR count). The molecule has 3 nitrogen and oxygen atoms in total. The zero-order valence-corrected chi connectivity index (χ0v) is 10.4. The van der Waals surface area contributed by atoms with Gasteiger partial charge in [-0.15, -0.1) is 11.3 Å². The molecule has 1 aromatic rings. The maximum Gasteiger partial charge on any atom is 0.326 e. The molecule has 88 valence electrons. The van der Waals surface area contributed by atoms with E-state index in [1.54, 1.807) is 6.07 Å². The van der Waals surface area contributed by atoms with Gasteiger partial charge in [0.05, 0.1) is 4.34 Å². The molecule has 0 amide bonds. The SMILES string of the molecule is O=C(O)C(c1ccc(Cl)s1)N1CCCCC1. The third-order valence-corrected chi connectivity index (χ3v) is 4.14. The van der Waals surface area contributed by atoms with Crippen molar-refractivity contribution >= 4 is 28.9 Å². The van der Waals surface area contributed by atoms with Crippen LogP contribution in [0.4, 0.5) is 0 Å². The monoisotopic (exact) mass is 259 g/mol. The highest BCUT2D eigenvalue weighted by molar-refractivity contribution is 7.16. The molecule has 0 aliphatic carbocycles. The van der Waals surface area contributed by atoms with Crippen molar-refractivity contribution in [3.63, 3.8) is 0 Å². The normalized spacial score (nSPS) is 19.6. The van der Waals surface area contributed by atoms with Crippen LogP contribution < -0.4 is 0 Å². The van der Waals surface area contributed by atoms with Crippen molar-refractivity contribution in [2.75, 3.05) is 13.1 Å². The second-order valence-electron chi connectivity index (χ2n) is 3.98. The van der Waals surface area contributed by atoms with Crippen LogP contribution in [0, 0.1) is 0 Å². The third-order valence-electron chi connectivity index (χ3n) is 2.85. The fourth-order valence-electron chi connectivity index (χ4n) is 2.11. The second-order valence-corrected chi connectivity index (χ2v) is 5.73. The lowest BCUT2D eigenvalue weighted by Crippen LogP contribution is -2.37.